The number of amides is 2. The second-order valence-corrected chi connectivity index (χ2v) is 7.96. The van der Waals surface area contributed by atoms with Crippen molar-refractivity contribution < 1.29 is 14.3 Å². The van der Waals surface area contributed by atoms with Crippen LogP contribution in [0.15, 0.2) is 48.5 Å². The van der Waals surface area contributed by atoms with E-state index in [2.05, 4.69) is 30.5 Å². The fraction of sp³-hybridized carbons (Fsp3) is 0.417. The van der Waals surface area contributed by atoms with Crippen molar-refractivity contribution in [3.05, 3.63) is 59.7 Å². The summed E-state index contributed by atoms with van der Waals surface area (Å²) in [5.74, 6) is 1.16. The summed E-state index contributed by atoms with van der Waals surface area (Å²) in [6, 6.07) is 15.4. The largest absolute Gasteiger partial charge is 0.484 e. The number of carbonyl (C=O) groups excluding carboxylic acids is 2. The Morgan fingerprint density at radius 3 is 2.59 bits per heavy atom. The molecule has 1 fully saturated rings. The molecule has 1 aliphatic rings. The molecule has 2 N–H and O–H groups in total. The van der Waals surface area contributed by atoms with E-state index in [4.69, 9.17) is 4.74 Å². The summed E-state index contributed by atoms with van der Waals surface area (Å²) < 4.78 is 5.61. The number of hydrogen-bond acceptors (Lipinski definition) is 3. The van der Waals surface area contributed by atoms with Crippen molar-refractivity contribution in [2.45, 2.75) is 52.0 Å². The molecule has 0 aromatic heterocycles. The molecule has 29 heavy (non-hydrogen) atoms. The summed E-state index contributed by atoms with van der Waals surface area (Å²) in [5, 5.41) is 5.86. The molecule has 2 amide bonds. The maximum absolute atomic E-state index is 12.3. The number of benzene rings is 2. The molecule has 2 aromatic carbocycles. The van der Waals surface area contributed by atoms with Gasteiger partial charge in [-0.25, -0.2) is 0 Å². The molecular weight excluding hydrogens is 364 g/mol. The first-order valence-corrected chi connectivity index (χ1v) is 10.4. The molecule has 5 nitrogen and oxygen atoms in total. The van der Waals surface area contributed by atoms with E-state index < -0.39 is 0 Å². The first-order valence-electron chi connectivity index (χ1n) is 10.4. The van der Waals surface area contributed by atoms with Crippen molar-refractivity contribution in [1.29, 1.82) is 0 Å². The van der Waals surface area contributed by atoms with Crippen LogP contribution in [-0.4, -0.2) is 18.4 Å². The predicted octanol–water partition coefficient (Wildman–Crippen LogP) is 4.63. The third-order valence-corrected chi connectivity index (χ3v) is 5.30. The van der Waals surface area contributed by atoms with Crippen LogP contribution in [0.3, 0.4) is 0 Å². The average Bonchev–Trinajstić information content (AvgIpc) is 3.26. The fourth-order valence-electron chi connectivity index (χ4n) is 3.56. The first-order chi connectivity index (χ1) is 14.0. The van der Waals surface area contributed by atoms with Crippen LogP contribution in [-0.2, 0) is 16.1 Å². The number of hydrogen-bond donors (Lipinski definition) is 2. The summed E-state index contributed by atoms with van der Waals surface area (Å²) in [6.45, 7) is 4.60. The highest BCUT2D eigenvalue weighted by Gasteiger charge is 2.22. The summed E-state index contributed by atoms with van der Waals surface area (Å²) in [5.41, 5.74) is 2.89. The molecular formula is C24H30N2O3. The molecule has 0 atom stereocenters. The van der Waals surface area contributed by atoms with Gasteiger partial charge in [-0.05, 0) is 54.2 Å². The van der Waals surface area contributed by atoms with Gasteiger partial charge in [0.1, 0.15) is 5.75 Å². The zero-order valence-corrected chi connectivity index (χ0v) is 17.2. The summed E-state index contributed by atoms with van der Waals surface area (Å²) in [6.07, 6.45) is 4.21. The van der Waals surface area contributed by atoms with E-state index in [-0.39, 0.29) is 24.3 Å². The maximum atomic E-state index is 12.3. The van der Waals surface area contributed by atoms with E-state index >= 15 is 0 Å². The van der Waals surface area contributed by atoms with Crippen LogP contribution in [0, 0.1) is 5.92 Å². The highest BCUT2D eigenvalue weighted by Crippen LogP contribution is 2.26. The summed E-state index contributed by atoms with van der Waals surface area (Å²) in [7, 11) is 0. The van der Waals surface area contributed by atoms with E-state index in [0.717, 1.165) is 36.9 Å². The van der Waals surface area contributed by atoms with Gasteiger partial charge in [0, 0.05) is 18.2 Å². The molecule has 0 heterocycles. The van der Waals surface area contributed by atoms with Crippen molar-refractivity contribution in [2.75, 3.05) is 11.9 Å². The van der Waals surface area contributed by atoms with Crippen LogP contribution < -0.4 is 15.4 Å². The molecule has 0 unspecified atom stereocenters. The Labute approximate surface area is 172 Å². The van der Waals surface area contributed by atoms with Crippen LogP contribution in [0.5, 0.6) is 5.75 Å². The smallest absolute Gasteiger partial charge is 0.258 e. The van der Waals surface area contributed by atoms with Crippen LogP contribution in [0.25, 0.3) is 0 Å². The minimum absolute atomic E-state index is 0.0281. The van der Waals surface area contributed by atoms with Crippen LogP contribution >= 0.6 is 0 Å². The van der Waals surface area contributed by atoms with Gasteiger partial charge in [0.15, 0.2) is 6.61 Å². The second-order valence-electron chi connectivity index (χ2n) is 7.96. The lowest BCUT2D eigenvalue weighted by atomic mass is 10.0. The van der Waals surface area contributed by atoms with Gasteiger partial charge in [-0.2, -0.15) is 0 Å². The number of nitrogens with one attached hydrogen (secondary N) is 2. The zero-order valence-electron chi connectivity index (χ0n) is 17.2. The monoisotopic (exact) mass is 394 g/mol. The van der Waals surface area contributed by atoms with Crippen molar-refractivity contribution in [3.8, 4) is 5.75 Å². The Hall–Kier alpha value is -2.82. The van der Waals surface area contributed by atoms with E-state index in [1.54, 1.807) is 0 Å². The molecule has 0 spiro atoms. The highest BCUT2D eigenvalue weighted by molar-refractivity contribution is 5.92. The van der Waals surface area contributed by atoms with Crippen LogP contribution in [0.1, 0.15) is 56.6 Å². The Morgan fingerprint density at radius 1 is 1.07 bits per heavy atom. The lowest BCUT2D eigenvalue weighted by molar-refractivity contribution is -0.123. The van der Waals surface area contributed by atoms with Crippen molar-refractivity contribution in [3.63, 3.8) is 0 Å². The minimum Gasteiger partial charge on any atom is -0.484 e. The lowest BCUT2D eigenvalue weighted by Crippen LogP contribution is -2.28. The maximum Gasteiger partial charge on any atom is 0.258 e. The number of carbonyl (C=O) groups is 2. The third-order valence-electron chi connectivity index (χ3n) is 5.30. The minimum atomic E-state index is -0.180. The van der Waals surface area contributed by atoms with Crippen LogP contribution in [0.2, 0.25) is 0 Å². The van der Waals surface area contributed by atoms with Gasteiger partial charge in [-0.3, -0.25) is 9.59 Å². The number of ether oxygens (including phenoxy) is 1. The molecule has 154 valence electrons. The molecule has 5 heteroatoms. The molecule has 0 saturated heterocycles. The van der Waals surface area contributed by atoms with Gasteiger partial charge >= 0.3 is 0 Å². The highest BCUT2D eigenvalue weighted by atomic mass is 16.5. The fourth-order valence-corrected chi connectivity index (χ4v) is 3.56. The zero-order chi connectivity index (χ0) is 20.6. The van der Waals surface area contributed by atoms with E-state index in [9.17, 15) is 9.59 Å². The van der Waals surface area contributed by atoms with Gasteiger partial charge < -0.3 is 15.4 Å². The van der Waals surface area contributed by atoms with Gasteiger partial charge in [0.2, 0.25) is 5.91 Å². The first kappa shape index (κ1) is 20.9. The Bertz CT molecular complexity index is 842. The SMILES string of the molecule is CC(C)c1cccc(OCC(=O)NCc2cccc(NC(=O)C3CCCC3)c2)c1. The van der Waals surface area contributed by atoms with Gasteiger partial charge in [-0.1, -0.05) is 51.0 Å². The Morgan fingerprint density at radius 2 is 1.83 bits per heavy atom. The molecule has 1 aliphatic carbocycles. The van der Waals surface area contributed by atoms with E-state index in [0.29, 0.717) is 18.2 Å². The molecule has 2 aromatic rings. The van der Waals surface area contributed by atoms with Gasteiger partial charge in [0.05, 0.1) is 0 Å². The molecule has 3 rings (SSSR count). The summed E-state index contributed by atoms with van der Waals surface area (Å²) >= 11 is 0. The van der Waals surface area contributed by atoms with E-state index in [1.807, 2.05) is 42.5 Å². The molecule has 1 saturated carbocycles. The Kier molecular flexibility index (Phi) is 7.28. The lowest BCUT2D eigenvalue weighted by Gasteiger charge is -2.12. The Balaban J connectivity index is 1.46. The second kappa shape index (κ2) is 10.1. The van der Waals surface area contributed by atoms with Crippen molar-refractivity contribution in [2.24, 2.45) is 5.92 Å². The predicted molar refractivity (Wildman–Crippen MR) is 115 cm³/mol. The van der Waals surface area contributed by atoms with Crippen molar-refractivity contribution in [1.82, 2.24) is 5.32 Å². The average molecular weight is 395 g/mol. The standard InChI is InChI=1S/C24H30N2O3/c1-17(2)20-10-6-12-22(14-20)29-16-23(27)25-15-18-7-5-11-21(13-18)26-24(28)19-8-3-4-9-19/h5-7,10-14,17,19H,3-4,8-9,15-16H2,1-2H3,(H,25,27)(H,26,28). The molecule has 0 radical (unpaired) electrons. The molecule has 0 bridgehead atoms. The summed E-state index contributed by atoms with van der Waals surface area (Å²) in [4.78, 5) is 24.4. The third kappa shape index (κ3) is 6.34. The number of rotatable bonds is 8. The quantitative estimate of drug-likeness (QED) is 0.686. The normalized spacial score (nSPS) is 14.0. The van der Waals surface area contributed by atoms with E-state index in [1.165, 1.54) is 5.56 Å². The molecule has 0 aliphatic heterocycles. The van der Waals surface area contributed by atoms with Gasteiger partial charge in [-0.15, -0.1) is 0 Å². The van der Waals surface area contributed by atoms with Gasteiger partial charge in [0.25, 0.3) is 5.91 Å². The topological polar surface area (TPSA) is 67.4 Å². The van der Waals surface area contributed by atoms with Crippen LogP contribution in [0.4, 0.5) is 5.69 Å². The van der Waals surface area contributed by atoms with Crippen molar-refractivity contribution >= 4 is 17.5 Å². The number of anilines is 1.